The Balaban J connectivity index is 2.05. The highest BCUT2D eigenvalue weighted by Crippen LogP contribution is 2.43. The second kappa shape index (κ2) is 5.72. The highest BCUT2D eigenvalue weighted by molar-refractivity contribution is 8.00. The molecule has 0 bridgehead atoms. The Labute approximate surface area is 132 Å². The van der Waals surface area contributed by atoms with Gasteiger partial charge in [-0.25, -0.2) is 8.78 Å². The molecule has 22 heavy (non-hydrogen) atoms. The van der Waals surface area contributed by atoms with Crippen LogP contribution >= 0.6 is 11.8 Å². The predicted molar refractivity (Wildman–Crippen MR) is 85.0 cm³/mol. The summed E-state index contributed by atoms with van der Waals surface area (Å²) in [7, 11) is 0. The van der Waals surface area contributed by atoms with Crippen LogP contribution in [0.2, 0.25) is 0 Å². The number of thioether (sulfide) groups is 1. The maximum absolute atomic E-state index is 13.5. The van der Waals surface area contributed by atoms with E-state index >= 15 is 0 Å². The summed E-state index contributed by atoms with van der Waals surface area (Å²) in [6.07, 6.45) is 0. The summed E-state index contributed by atoms with van der Waals surface area (Å²) in [4.78, 5) is 14.0. The van der Waals surface area contributed by atoms with Gasteiger partial charge in [-0.05, 0) is 48.7 Å². The highest BCUT2D eigenvalue weighted by Gasteiger charge is 2.35. The van der Waals surface area contributed by atoms with E-state index in [4.69, 9.17) is 0 Å². The van der Waals surface area contributed by atoms with Crippen LogP contribution in [0.5, 0.6) is 0 Å². The smallest absolute Gasteiger partial charge is 0.238 e. The quantitative estimate of drug-likeness (QED) is 0.820. The van der Waals surface area contributed by atoms with Crippen LogP contribution in [0.25, 0.3) is 0 Å². The van der Waals surface area contributed by atoms with E-state index in [0.717, 1.165) is 22.9 Å². The summed E-state index contributed by atoms with van der Waals surface area (Å²) in [5.41, 5.74) is 3.45. The van der Waals surface area contributed by atoms with Crippen LogP contribution in [0.15, 0.2) is 36.4 Å². The van der Waals surface area contributed by atoms with Crippen molar-refractivity contribution in [1.29, 1.82) is 0 Å². The van der Waals surface area contributed by atoms with Crippen LogP contribution < -0.4 is 4.90 Å². The Morgan fingerprint density at radius 2 is 1.86 bits per heavy atom. The van der Waals surface area contributed by atoms with Crippen molar-refractivity contribution in [1.82, 2.24) is 0 Å². The van der Waals surface area contributed by atoms with E-state index in [9.17, 15) is 13.6 Å². The number of hydrogen-bond donors (Lipinski definition) is 0. The maximum Gasteiger partial charge on any atom is 0.238 e. The van der Waals surface area contributed by atoms with Crippen LogP contribution in [-0.4, -0.2) is 11.7 Å². The largest absolute Gasteiger partial charge is 0.295 e. The van der Waals surface area contributed by atoms with Gasteiger partial charge in [0.05, 0.1) is 5.75 Å². The Morgan fingerprint density at radius 1 is 1.09 bits per heavy atom. The summed E-state index contributed by atoms with van der Waals surface area (Å²) in [6.45, 7) is 3.90. The third-order valence-electron chi connectivity index (χ3n) is 3.72. The number of rotatable bonds is 2. The van der Waals surface area contributed by atoms with Gasteiger partial charge < -0.3 is 0 Å². The van der Waals surface area contributed by atoms with E-state index in [0.29, 0.717) is 11.3 Å². The van der Waals surface area contributed by atoms with E-state index < -0.39 is 11.6 Å². The Kier molecular flexibility index (Phi) is 3.91. The lowest BCUT2D eigenvalue weighted by atomic mass is 10.1. The van der Waals surface area contributed by atoms with E-state index in [2.05, 4.69) is 0 Å². The number of nitrogens with zero attached hydrogens (tertiary/aromatic N) is 1. The van der Waals surface area contributed by atoms with Crippen molar-refractivity contribution in [2.24, 2.45) is 0 Å². The fourth-order valence-corrected chi connectivity index (χ4v) is 3.73. The van der Waals surface area contributed by atoms with Crippen molar-refractivity contribution in [2.75, 3.05) is 10.7 Å². The van der Waals surface area contributed by atoms with Gasteiger partial charge in [-0.3, -0.25) is 9.69 Å². The van der Waals surface area contributed by atoms with Crippen LogP contribution in [-0.2, 0) is 4.79 Å². The van der Waals surface area contributed by atoms with Gasteiger partial charge in [0.15, 0.2) is 11.6 Å². The Morgan fingerprint density at radius 3 is 2.59 bits per heavy atom. The fraction of sp³-hybridized carbons (Fsp3) is 0.235. The number of carbonyl (C=O) groups excluding carboxylic acids is 1. The molecule has 0 radical (unpaired) electrons. The summed E-state index contributed by atoms with van der Waals surface area (Å²) in [5.74, 6) is -1.46. The molecule has 1 fully saturated rings. The van der Waals surface area contributed by atoms with Crippen molar-refractivity contribution in [3.8, 4) is 0 Å². The average Bonchev–Trinajstić information content (AvgIpc) is 2.86. The third-order valence-corrected chi connectivity index (χ3v) is 4.93. The van der Waals surface area contributed by atoms with E-state index in [1.54, 1.807) is 4.90 Å². The lowest BCUT2D eigenvalue weighted by molar-refractivity contribution is -0.115. The molecule has 2 aromatic carbocycles. The molecule has 2 nitrogen and oxygen atoms in total. The molecule has 1 heterocycles. The Hall–Kier alpha value is -1.88. The minimum atomic E-state index is -0.890. The van der Waals surface area contributed by atoms with Gasteiger partial charge in [-0.15, -0.1) is 11.8 Å². The third kappa shape index (κ3) is 2.61. The van der Waals surface area contributed by atoms with Gasteiger partial charge in [0.25, 0.3) is 0 Å². The zero-order valence-corrected chi connectivity index (χ0v) is 13.1. The first-order chi connectivity index (χ1) is 10.5. The number of benzene rings is 2. The van der Waals surface area contributed by atoms with Crippen LogP contribution in [0.1, 0.15) is 22.1 Å². The van der Waals surface area contributed by atoms with Crippen LogP contribution in [0, 0.1) is 25.5 Å². The second-order valence-electron chi connectivity index (χ2n) is 5.39. The molecular weight excluding hydrogens is 304 g/mol. The zero-order valence-electron chi connectivity index (χ0n) is 12.3. The van der Waals surface area contributed by atoms with Crippen LogP contribution in [0.3, 0.4) is 0 Å². The molecule has 5 heteroatoms. The molecule has 1 amide bonds. The van der Waals surface area contributed by atoms with Gasteiger partial charge >= 0.3 is 0 Å². The lowest BCUT2D eigenvalue weighted by Crippen LogP contribution is -2.28. The molecule has 1 aliphatic heterocycles. The summed E-state index contributed by atoms with van der Waals surface area (Å²) >= 11 is 1.42. The molecule has 1 aliphatic rings. The number of carbonyl (C=O) groups is 1. The molecule has 1 unspecified atom stereocenters. The molecule has 3 rings (SSSR count). The molecule has 2 aromatic rings. The SMILES string of the molecule is Cc1ccc(C)c(N2C(=O)CSC2c2ccc(F)c(F)c2)c1. The molecule has 0 saturated carbocycles. The van der Waals surface area contributed by atoms with Crippen molar-refractivity contribution in [3.05, 3.63) is 64.7 Å². The first kappa shape index (κ1) is 15.0. The van der Waals surface area contributed by atoms with Crippen molar-refractivity contribution in [3.63, 3.8) is 0 Å². The normalized spacial score (nSPS) is 18.1. The fourth-order valence-electron chi connectivity index (χ4n) is 2.58. The van der Waals surface area contributed by atoms with E-state index in [1.807, 2.05) is 32.0 Å². The first-order valence-corrected chi connectivity index (χ1v) is 7.98. The highest BCUT2D eigenvalue weighted by atomic mass is 32.2. The minimum absolute atomic E-state index is 0.0200. The maximum atomic E-state index is 13.5. The molecule has 114 valence electrons. The summed E-state index contributed by atoms with van der Waals surface area (Å²) in [5, 5.41) is -0.330. The second-order valence-corrected chi connectivity index (χ2v) is 6.46. The number of hydrogen-bond acceptors (Lipinski definition) is 2. The van der Waals surface area contributed by atoms with Gasteiger partial charge in [0.2, 0.25) is 5.91 Å². The van der Waals surface area contributed by atoms with Gasteiger partial charge in [0.1, 0.15) is 5.37 Å². The molecule has 1 atom stereocenters. The minimum Gasteiger partial charge on any atom is -0.295 e. The molecular formula is C17H15F2NOS. The van der Waals surface area contributed by atoms with Gasteiger partial charge in [0, 0.05) is 5.69 Å². The molecule has 1 saturated heterocycles. The number of aryl methyl sites for hydroxylation is 2. The van der Waals surface area contributed by atoms with Crippen molar-refractivity contribution >= 4 is 23.4 Å². The predicted octanol–water partition coefficient (Wildman–Crippen LogP) is 4.36. The van der Waals surface area contributed by atoms with Gasteiger partial charge in [-0.1, -0.05) is 18.2 Å². The van der Waals surface area contributed by atoms with Crippen molar-refractivity contribution < 1.29 is 13.6 Å². The number of amides is 1. The average molecular weight is 319 g/mol. The summed E-state index contributed by atoms with van der Waals surface area (Å²) < 4.78 is 26.7. The van der Waals surface area contributed by atoms with Crippen molar-refractivity contribution in [2.45, 2.75) is 19.2 Å². The van der Waals surface area contributed by atoms with E-state index in [1.165, 1.54) is 23.9 Å². The number of halogens is 2. The standard InChI is InChI=1S/C17H15F2NOS/c1-10-3-4-11(2)15(7-10)20-16(21)9-22-17(20)12-5-6-13(18)14(19)8-12/h3-8,17H,9H2,1-2H3. The summed E-state index contributed by atoms with van der Waals surface area (Å²) in [6, 6.07) is 9.71. The zero-order chi connectivity index (χ0) is 15.9. The molecule has 0 N–H and O–H groups in total. The molecule has 0 spiro atoms. The Bertz CT molecular complexity index is 747. The van der Waals surface area contributed by atoms with Crippen LogP contribution in [0.4, 0.5) is 14.5 Å². The van der Waals surface area contributed by atoms with E-state index in [-0.39, 0.29) is 11.3 Å². The lowest BCUT2D eigenvalue weighted by Gasteiger charge is -2.26. The molecule has 0 aromatic heterocycles. The number of anilines is 1. The van der Waals surface area contributed by atoms with Gasteiger partial charge in [-0.2, -0.15) is 0 Å². The monoisotopic (exact) mass is 319 g/mol. The first-order valence-electron chi connectivity index (χ1n) is 6.93. The topological polar surface area (TPSA) is 20.3 Å². The molecule has 0 aliphatic carbocycles.